The minimum atomic E-state index is -0.458. The number of aliphatic hydroxyl groups excluding tert-OH is 1. The summed E-state index contributed by atoms with van der Waals surface area (Å²) < 4.78 is 0. The first-order valence-corrected chi connectivity index (χ1v) is 6.62. The van der Waals surface area contributed by atoms with Crippen molar-refractivity contribution in [3.8, 4) is 0 Å². The van der Waals surface area contributed by atoms with Gasteiger partial charge in [0.1, 0.15) is 5.82 Å². The Bertz CT molecular complexity index is 438. The molecule has 0 aliphatic heterocycles. The van der Waals surface area contributed by atoms with Crippen molar-refractivity contribution in [1.82, 2.24) is 10.3 Å². The lowest BCUT2D eigenvalue weighted by Gasteiger charge is -2.21. The monoisotopic (exact) mass is 264 g/mol. The number of hydrazine groups is 1. The molecule has 0 bridgehead atoms. The van der Waals surface area contributed by atoms with E-state index in [0.717, 1.165) is 32.1 Å². The molecule has 6 nitrogen and oxygen atoms in total. The van der Waals surface area contributed by atoms with Crippen LogP contribution in [0.25, 0.3) is 0 Å². The molecule has 1 saturated carbocycles. The predicted molar refractivity (Wildman–Crippen MR) is 72.4 cm³/mol. The van der Waals surface area contributed by atoms with Crippen molar-refractivity contribution in [3.63, 3.8) is 0 Å². The average Bonchev–Trinajstić information content (AvgIpc) is 2.64. The molecule has 19 heavy (non-hydrogen) atoms. The maximum atomic E-state index is 12.1. The quantitative estimate of drug-likeness (QED) is 0.367. The molecule has 2 rings (SSSR count). The number of carbonyl (C=O) groups is 1. The summed E-state index contributed by atoms with van der Waals surface area (Å²) in [6, 6.07) is 3.04. The molecule has 0 saturated heterocycles. The lowest BCUT2D eigenvalue weighted by Crippen LogP contribution is -2.42. The molecule has 5 N–H and O–H groups in total. The molecule has 1 fully saturated rings. The molecule has 1 aromatic rings. The van der Waals surface area contributed by atoms with Crippen molar-refractivity contribution in [2.24, 2.45) is 5.84 Å². The molecule has 1 amide bonds. The van der Waals surface area contributed by atoms with E-state index in [0.29, 0.717) is 11.4 Å². The molecule has 0 spiro atoms. The van der Waals surface area contributed by atoms with Crippen LogP contribution >= 0.6 is 0 Å². The molecular formula is C13H20N4O2. The van der Waals surface area contributed by atoms with Crippen molar-refractivity contribution in [3.05, 3.63) is 23.9 Å². The summed E-state index contributed by atoms with van der Waals surface area (Å²) in [6.45, 7) is 0. The van der Waals surface area contributed by atoms with E-state index in [1.165, 1.54) is 6.20 Å². The molecule has 1 aliphatic carbocycles. The number of pyridine rings is 1. The van der Waals surface area contributed by atoms with Gasteiger partial charge in [-0.2, -0.15) is 0 Å². The number of hydrogen-bond acceptors (Lipinski definition) is 5. The lowest BCUT2D eigenvalue weighted by atomic mass is 10.1. The maximum Gasteiger partial charge on any atom is 0.251 e. The van der Waals surface area contributed by atoms with Crippen molar-refractivity contribution in [2.45, 2.75) is 44.2 Å². The first-order chi connectivity index (χ1) is 9.20. The minimum Gasteiger partial charge on any atom is -0.391 e. The van der Waals surface area contributed by atoms with Crippen LogP contribution in [-0.4, -0.2) is 28.1 Å². The van der Waals surface area contributed by atoms with Crippen LogP contribution in [-0.2, 0) is 0 Å². The highest BCUT2D eigenvalue weighted by molar-refractivity contribution is 5.95. The van der Waals surface area contributed by atoms with Gasteiger partial charge in [-0.05, 0) is 25.0 Å². The normalized spacial score (nSPS) is 23.5. The van der Waals surface area contributed by atoms with Crippen molar-refractivity contribution >= 4 is 11.7 Å². The van der Waals surface area contributed by atoms with Gasteiger partial charge in [0.15, 0.2) is 0 Å². The average molecular weight is 264 g/mol. The second kappa shape index (κ2) is 6.49. The van der Waals surface area contributed by atoms with Crippen LogP contribution in [0, 0.1) is 0 Å². The summed E-state index contributed by atoms with van der Waals surface area (Å²) in [4.78, 5) is 16.1. The van der Waals surface area contributed by atoms with E-state index in [9.17, 15) is 9.90 Å². The van der Waals surface area contributed by atoms with E-state index in [-0.39, 0.29) is 11.9 Å². The van der Waals surface area contributed by atoms with Crippen LogP contribution in [0.2, 0.25) is 0 Å². The molecule has 0 aromatic carbocycles. The largest absolute Gasteiger partial charge is 0.391 e. The van der Waals surface area contributed by atoms with Gasteiger partial charge in [-0.25, -0.2) is 10.8 Å². The smallest absolute Gasteiger partial charge is 0.251 e. The van der Waals surface area contributed by atoms with E-state index in [4.69, 9.17) is 5.84 Å². The predicted octanol–water partition coefficient (Wildman–Crippen LogP) is 0.791. The fraction of sp³-hybridized carbons (Fsp3) is 0.538. The van der Waals surface area contributed by atoms with Crippen LogP contribution in [0.15, 0.2) is 18.3 Å². The highest BCUT2D eigenvalue weighted by Gasteiger charge is 2.23. The highest BCUT2D eigenvalue weighted by atomic mass is 16.3. The SMILES string of the molecule is NNc1cc(C(=O)NC2CCCCCC2O)ccn1. The van der Waals surface area contributed by atoms with Crippen LogP contribution < -0.4 is 16.6 Å². The van der Waals surface area contributed by atoms with E-state index in [1.807, 2.05) is 0 Å². The van der Waals surface area contributed by atoms with Gasteiger partial charge < -0.3 is 15.8 Å². The summed E-state index contributed by atoms with van der Waals surface area (Å²) in [5.74, 6) is 5.50. The van der Waals surface area contributed by atoms with Gasteiger partial charge in [0.05, 0.1) is 12.1 Å². The zero-order valence-corrected chi connectivity index (χ0v) is 10.8. The Hall–Kier alpha value is -1.66. The van der Waals surface area contributed by atoms with Crippen molar-refractivity contribution in [2.75, 3.05) is 5.43 Å². The zero-order chi connectivity index (χ0) is 13.7. The van der Waals surface area contributed by atoms with E-state index in [1.54, 1.807) is 12.1 Å². The molecule has 2 atom stereocenters. The number of carbonyl (C=O) groups excluding carboxylic acids is 1. The fourth-order valence-electron chi connectivity index (χ4n) is 2.36. The molecule has 6 heteroatoms. The number of nitrogen functional groups attached to an aromatic ring is 1. The van der Waals surface area contributed by atoms with E-state index >= 15 is 0 Å². The van der Waals surface area contributed by atoms with Crippen molar-refractivity contribution in [1.29, 1.82) is 0 Å². The molecule has 104 valence electrons. The minimum absolute atomic E-state index is 0.169. The third-order valence-electron chi connectivity index (χ3n) is 3.47. The van der Waals surface area contributed by atoms with Gasteiger partial charge in [0, 0.05) is 11.8 Å². The zero-order valence-electron chi connectivity index (χ0n) is 10.8. The first-order valence-electron chi connectivity index (χ1n) is 6.62. The van der Waals surface area contributed by atoms with Gasteiger partial charge in [-0.3, -0.25) is 4.79 Å². The number of anilines is 1. The molecule has 2 unspecified atom stereocenters. The topological polar surface area (TPSA) is 100 Å². The first kappa shape index (κ1) is 13.8. The maximum absolute atomic E-state index is 12.1. The summed E-state index contributed by atoms with van der Waals surface area (Å²) in [5.41, 5.74) is 2.89. The standard InChI is InChI=1S/C13H20N4O2/c14-17-12-8-9(6-7-15-12)13(19)16-10-4-2-1-3-5-11(10)18/h6-8,10-11,18H,1-5,14H2,(H,15,17)(H,16,19). The number of nitrogens with two attached hydrogens (primary N) is 1. The van der Waals surface area contributed by atoms with E-state index < -0.39 is 6.10 Å². The molecule has 1 aliphatic rings. The Balaban J connectivity index is 2.02. The van der Waals surface area contributed by atoms with Crippen LogP contribution in [0.4, 0.5) is 5.82 Å². The lowest BCUT2D eigenvalue weighted by molar-refractivity contribution is 0.0818. The van der Waals surface area contributed by atoms with Gasteiger partial charge in [-0.1, -0.05) is 19.3 Å². The van der Waals surface area contributed by atoms with Gasteiger partial charge >= 0.3 is 0 Å². The van der Waals surface area contributed by atoms with Crippen LogP contribution in [0.1, 0.15) is 42.5 Å². The Labute approximate surface area is 112 Å². The van der Waals surface area contributed by atoms with Crippen molar-refractivity contribution < 1.29 is 9.90 Å². The second-order valence-corrected chi connectivity index (χ2v) is 4.86. The molecule has 1 heterocycles. The van der Waals surface area contributed by atoms with Gasteiger partial charge in [-0.15, -0.1) is 0 Å². The Morgan fingerprint density at radius 3 is 2.95 bits per heavy atom. The number of rotatable bonds is 3. The second-order valence-electron chi connectivity index (χ2n) is 4.86. The van der Waals surface area contributed by atoms with Gasteiger partial charge in [0.2, 0.25) is 0 Å². The number of amides is 1. The Morgan fingerprint density at radius 2 is 2.16 bits per heavy atom. The number of nitrogens with zero attached hydrogens (tertiary/aromatic N) is 1. The number of aliphatic hydroxyl groups is 1. The number of aromatic nitrogens is 1. The third kappa shape index (κ3) is 3.65. The molecule has 0 radical (unpaired) electrons. The molecular weight excluding hydrogens is 244 g/mol. The Kier molecular flexibility index (Phi) is 4.70. The third-order valence-corrected chi connectivity index (χ3v) is 3.47. The summed E-state index contributed by atoms with van der Waals surface area (Å²) >= 11 is 0. The Morgan fingerprint density at radius 1 is 1.37 bits per heavy atom. The van der Waals surface area contributed by atoms with Gasteiger partial charge in [0.25, 0.3) is 5.91 Å². The number of hydrogen-bond donors (Lipinski definition) is 4. The summed E-state index contributed by atoms with van der Waals surface area (Å²) in [5, 5.41) is 12.9. The van der Waals surface area contributed by atoms with E-state index in [2.05, 4.69) is 15.7 Å². The highest BCUT2D eigenvalue weighted by Crippen LogP contribution is 2.18. The number of nitrogens with one attached hydrogen (secondary N) is 2. The summed E-state index contributed by atoms with van der Waals surface area (Å²) in [7, 11) is 0. The van der Waals surface area contributed by atoms with Crippen LogP contribution in [0.3, 0.4) is 0 Å². The van der Waals surface area contributed by atoms with Crippen LogP contribution in [0.5, 0.6) is 0 Å². The molecule has 1 aromatic heterocycles. The summed E-state index contributed by atoms with van der Waals surface area (Å²) in [6.07, 6.45) is 5.79. The fourth-order valence-corrected chi connectivity index (χ4v) is 2.36.